The van der Waals surface area contributed by atoms with E-state index in [0.29, 0.717) is 0 Å². The third-order valence-corrected chi connectivity index (χ3v) is 3.78. The minimum absolute atomic E-state index is 0.0439. The molecule has 5 heteroatoms. The quantitative estimate of drug-likeness (QED) is 0.862. The maximum atomic E-state index is 12.1. The number of morpholine rings is 1. The van der Waals surface area contributed by atoms with E-state index in [1.165, 1.54) is 4.90 Å². The number of quaternary nitrogens is 1. The van der Waals surface area contributed by atoms with Gasteiger partial charge in [-0.2, -0.15) is 0 Å². The highest BCUT2D eigenvalue weighted by Gasteiger charge is 2.26. The van der Waals surface area contributed by atoms with E-state index in [2.05, 4.69) is 21.2 Å². The molecule has 0 aromatic heterocycles. The molecule has 1 aliphatic rings. The van der Waals surface area contributed by atoms with Gasteiger partial charge in [0.25, 0.3) is 5.91 Å². The Kier molecular flexibility index (Phi) is 4.74. The molecule has 4 nitrogen and oxygen atoms in total. The number of hydrogen-bond acceptors (Lipinski definition) is 2. The molecule has 1 aliphatic heterocycles. The first kappa shape index (κ1) is 13.5. The lowest BCUT2D eigenvalue weighted by molar-refractivity contribution is -0.921. The number of hydrogen-bond donors (Lipinski definition) is 2. The highest BCUT2D eigenvalue weighted by molar-refractivity contribution is 9.10. The van der Waals surface area contributed by atoms with Crippen LogP contribution in [-0.4, -0.2) is 38.3 Å². The van der Waals surface area contributed by atoms with Crippen LogP contribution in [0.25, 0.3) is 0 Å². The van der Waals surface area contributed by atoms with Gasteiger partial charge in [0.2, 0.25) is 0 Å². The Hall–Kier alpha value is -0.910. The minimum atomic E-state index is -0.0439. The van der Waals surface area contributed by atoms with E-state index in [1.54, 1.807) is 0 Å². The Labute approximate surface area is 115 Å². The fourth-order valence-corrected chi connectivity index (χ4v) is 2.30. The van der Waals surface area contributed by atoms with Crippen molar-refractivity contribution in [2.24, 2.45) is 0 Å². The number of anilines is 1. The zero-order chi connectivity index (χ0) is 13.0. The van der Waals surface area contributed by atoms with E-state index in [0.717, 1.165) is 36.5 Å². The average Bonchev–Trinajstić information content (AvgIpc) is 2.41. The molecular formula is C13H18BrN2O2+. The number of carbonyl (C=O) groups excluding carboxylic acids is 1. The van der Waals surface area contributed by atoms with Crippen LogP contribution in [0.4, 0.5) is 5.69 Å². The number of benzene rings is 1. The van der Waals surface area contributed by atoms with E-state index >= 15 is 0 Å². The molecule has 1 fully saturated rings. The lowest BCUT2D eigenvalue weighted by Gasteiger charge is -2.28. The van der Waals surface area contributed by atoms with Gasteiger partial charge < -0.3 is 15.0 Å². The summed E-state index contributed by atoms with van der Waals surface area (Å²) in [5, 5.41) is 2.94. The van der Waals surface area contributed by atoms with Crippen LogP contribution in [0.2, 0.25) is 0 Å². The predicted octanol–water partition coefficient (Wildman–Crippen LogP) is 0.691. The summed E-state index contributed by atoms with van der Waals surface area (Å²) < 4.78 is 6.31. The standard InChI is InChI=1S/C13H17BrN2O2/c1-10(16-6-8-18-9-7-16)13(17)15-12-4-2-11(14)3-5-12/h2-5,10H,6-9H2,1H3,(H,15,17)/p+1/t10-/m0/s1. The summed E-state index contributed by atoms with van der Waals surface area (Å²) in [5.74, 6) is 0.0641. The smallest absolute Gasteiger partial charge is 0.282 e. The van der Waals surface area contributed by atoms with Crippen LogP contribution in [-0.2, 0) is 9.53 Å². The van der Waals surface area contributed by atoms with Gasteiger partial charge in [0.05, 0.1) is 13.2 Å². The van der Waals surface area contributed by atoms with Crippen molar-refractivity contribution >= 4 is 27.5 Å². The number of ether oxygens (including phenoxy) is 1. The van der Waals surface area contributed by atoms with Gasteiger partial charge >= 0.3 is 0 Å². The van der Waals surface area contributed by atoms with Gasteiger partial charge in [0, 0.05) is 10.2 Å². The fourth-order valence-electron chi connectivity index (χ4n) is 2.04. The molecule has 1 aromatic rings. The van der Waals surface area contributed by atoms with E-state index in [9.17, 15) is 4.79 Å². The third kappa shape index (κ3) is 3.54. The molecule has 1 saturated heterocycles. The summed E-state index contributed by atoms with van der Waals surface area (Å²) in [7, 11) is 0. The normalized spacial score (nSPS) is 18.3. The number of halogens is 1. The van der Waals surface area contributed by atoms with Crippen molar-refractivity contribution in [1.29, 1.82) is 0 Å². The highest BCUT2D eigenvalue weighted by atomic mass is 79.9. The van der Waals surface area contributed by atoms with Crippen molar-refractivity contribution in [1.82, 2.24) is 0 Å². The second-order valence-corrected chi connectivity index (χ2v) is 5.40. The van der Waals surface area contributed by atoms with Gasteiger partial charge in [-0.3, -0.25) is 4.79 Å². The molecule has 0 spiro atoms. The first-order chi connectivity index (χ1) is 8.66. The van der Waals surface area contributed by atoms with Crippen LogP contribution < -0.4 is 10.2 Å². The molecule has 1 amide bonds. The molecule has 0 aliphatic carbocycles. The summed E-state index contributed by atoms with van der Waals surface area (Å²) >= 11 is 3.37. The van der Waals surface area contributed by atoms with Crippen LogP contribution in [0.3, 0.4) is 0 Å². The van der Waals surface area contributed by atoms with Crippen LogP contribution in [0.1, 0.15) is 6.92 Å². The Morgan fingerprint density at radius 1 is 1.33 bits per heavy atom. The molecule has 18 heavy (non-hydrogen) atoms. The summed E-state index contributed by atoms with van der Waals surface area (Å²) in [6, 6.07) is 7.58. The van der Waals surface area contributed by atoms with Crippen molar-refractivity contribution in [3.8, 4) is 0 Å². The van der Waals surface area contributed by atoms with Crippen molar-refractivity contribution in [3.05, 3.63) is 28.7 Å². The van der Waals surface area contributed by atoms with Crippen molar-refractivity contribution in [2.75, 3.05) is 31.6 Å². The van der Waals surface area contributed by atoms with Crippen LogP contribution >= 0.6 is 15.9 Å². The lowest BCUT2D eigenvalue weighted by atomic mass is 10.2. The fraction of sp³-hybridized carbons (Fsp3) is 0.462. The Morgan fingerprint density at radius 2 is 1.94 bits per heavy atom. The first-order valence-electron chi connectivity index (χ1n) is 6.15. The monoisotopic (exact) mass is 313 g/mol. The second-order valence-electron chi connectivity index (χ2n) is 4.49. The Bertz CT molecular complexity index is 402. The van der Waals surface area contributed by atoms with Gasteiger partial charge in [0.15, 0.2) is 6.04 Å². The summed E-state index contributed by atoms with van der Waals surface area (Å²) in [4.78, 5) is 13.4. The summed E-state index contributed by atoms with van der Waals surface area (Å²) in [5.41, 5.74) is 0.836. The van der Waals surface area contributed by atoms with E-state index in [1.807, 2.05) is 31.2 Å². The highest BCUT2D eigenvalue weighted by Crippen LogP contribution is 2.14. The van der Waals surface area contributed by atoms with E-state index < -0.39 is 0 Å². The molecule has 1 atom stereocenters. The SMILES string of the molecule is C[C@@H](C(=O)Nc1ccc(Br)cc1)[NH+]1CCOCC1. The molecule has 2 N–H and O–H groups in total. The van der Waals surface area contributed by atoms with Crippen LogP contribution in [0.15, 0.2) is 28.7 Å². The van der Waals surface area contributed by atoms with Crippen molar-refractivity contribution in [3.63, 3.8) is 0 Å². The maximum absolute atomic E-state index is 12.1. The first-order valence-corrected chi connectivity index (χ1v) is 6.95. The third-order valence-electron chi connectivity index (χ3n) is 3.25. The number of carbonyl (C=O) groups is 1. The number of amides is 1. The average molecular weight is 314 g/mol. The second kappa shape index (κ2) is 6.31. The molecule has 1 aromatic carbocycles. The summed E-state index contributed by atoms with van der Waals surface area (Å²) in [6.07, 6.45) is 0. The predicted molar refractivity (Wildman–Crippen MR) is 73.7 cm³/mol. The van der Waals surface area contributed by atoms with Gasteiger partial charge in [-0.05, 0) is 31.2 Å². The Morgan fingerprint density at radius 3 is 2.56 bits per heavy atom. The topological polar surface area (TPSA) is 42.8 Å². The molecule has 1 heterocycles. The van der Waals surface area contributed by atoms with E-state index in [-0.39, 0.29) is 11.9 Å². The zero-order valence-electron chi connectivity index (χ0n) is 10.4. The molecule has 0 saturated carbocycles. The number of rotatable bonds is 3. The van der Waals surface area contributed by atoms with E-state index in [4.69, 9.17) is 4.74 Å². The summed E-state index contributed by atoms with van der Waals surface area (Å²) in [6.45, 7) is 5.25. The lowest BCUT2D eigenvalue weighted by Crippen LogP contribution is -3.18. The van der Waals surface area contributed by atoms with Crippen molar-refractivity contribution < 1.29 is 14.4 Å². The van der Waals surface area contributed by atoms with Crippen LogP contribution in [0, 0.1) is 0 Å². The van der Waals surface area contributed by atoms with Gasteiger partial charge in [-0.25, -0.2) is 0 Å². The molecular weight excluding hydrogens is 296 g/mol. The molecule has 98 valence electrons. The molecule has 0 radical (unpaired) electrons. The maximum Gasteiger partial charge on any atom is 0.282 e. The zero-order valence-corrected chi connectivity index (χ0v) is 12.0. The molecule has 0 bridgehead atoms. The van der Waals surface area contributed by atoms with Gasteiger partial charge in [-0.15, -0.1) is 0 Å². The minimum Gasteiger partial charge on any atom is -0.370 e. The number of nitrogens with one attached hydrogen (secondary N) is 2. The molecule has 2 rings (SSSR count). The molecule has 0 unspecified atom stereocenters. The van der Waals surface area contributed by atoms with Crippen molar-refractivity contribution in [2.45, 2.75) is 13.0 Å². The Balaban J connectivity index is 1.92. The van der Waals surface area contributed by atoms with Crippen LogP contribution in [0.5, 0.6) is 0 Å². The van der Waals surface area contributed by atoms with Gasteiger partial charge in [0.1, 0.15) is 13.1 Å². The largest absolute Gasteiger partial charge is 0.370 e. The van der Waals surface area contributed by atoms with Gasteiger partial charge in [-0.1, -0.05) is 15.9 Å².